The summed E-state index contributed by atoms with van der Waals surface area (Å²) in [6.45, 7) is 0.343. The number of halogens is 1. The standard InChI is InChI=1S/C17H17ClN2O2/c18-14-8-4-2-6-12(14)10-19-17(22)20-16-13-7-3-1-5-11(13)9-15(16)21/h1-8,15-16,21H,9-10H2,(H2,19,20,22)/t15-,16+/m0/s1. The third kappa shape index (κ3) is 3.08. The van der Waals surface area contributed by atoms with Crippen LogP contribution >= 0.6 is 11.6 Å². The number of hydrogen-bond donors (Lipinski definition) is 3. The van der Waals surface area contributed by atoms with Crippen LogP contribution in [-0.2, 0) is 13.0 Å². The highest BCUT2D eigenvalue weighted by Gasteiger charge is 2.31. The van der Waals surface area contributed by atoms with Gasteiger partial charge in [0.25, 0.3) is 0 Å². The Morgan fingerprint density at radius 1 is 1.18 bits per heavy atom. The molecule has 4 nitrogen and oxygen atoms in total. The lowest BCUT2D eigenvalue weighted by Gasteiger charge is -2.18. The fraction of sp³-hybridized carbons (Fsp3) is 0.235. The quantitative estimate of drug-likeness (QED) is 0.815. The zero-order valence-electron chi connectivity index (χ0n) is 11.9. The molecule has 0 bridgehead atoms. The molecule has 0 spiro atoms. The lowest BCUT2D eigenvalue weighted by Crippen LogP contribution is -2.40. The van der Waals surface area contributed by atoms with E-state index in [4.69, 9.17) is 11.6 Å². The maximum Gasteiger partial charge on any atom is 0.315 e. The molecule has 2 aromatic carbocycles. The van der Waals surface area contributed by atoms with Crippen molar-refractivity contribution in [2.75, 3.05) is 0 Å². The van der Waals surface area contributed by atoms with Gasteiger partial charge in [-0.3, -0.25) is 0 Å². The molecule has 2 amide bonds. The Kier molecular flexibility index (Phi) is 4.32. The van der Waals surface area contributed by atoms with Gasteiger partial charge in [0.15, 0.2) is 0 Å². The Morgan fingerprint density at radius 2 is 1.91 bits per heavy atom. The van der Waals surface area contributed by atoms with E-state index in [1.54, 1.807) is 6.07 Å². The van der Waals surface area contributed by atoms with Gasteiger partial charge < -0.3 is 15.7 Å². The van der Waals surface area contributed by atoms with Crippen molar-refractivity contribution in [2.24, 2.45) is 0 Å². The summed E-state index contributed by atoms with van der Waals surface area (Å²) in [5.74, 6) is 0. The molecule has 0 unspecified atom stereocenters. The van der Waals surface area contributed by atoms with Gasteiger partial charge in [-0.1, -0.05) is 54.1 Å². The SMILES string of the molecule is O=C(NCc1ccccc1Cl)N[C@@H]1c2ccccc2C[C@@H]1O. The minimum Gasteiger partial charge on any atom is -0.390 e. The summed E-state index contributed by atoms with van der Waals surface area (Å²) >= 11 is 6.06. The number of benzene rings is 2. The molecule has 0 radical (unpaired) electrons. The summed E-state index contributed by atoms with van der Waals surface area (Å²) in [6, 6.07) is 14.4. The summed E-state index contributed by atoms with van der Waals surface area (Å²) < 4.78 is 0. The molecule has 3 N–H and O–H groups in total. The predicted octanol–water partition coefficient (Wildman–Crippen LogP) is 2.80. The molecule has 3 rings (SSSR count). The largest absolute Gasteiger partial charge is 0.390 e. The normalized spacial score (nSPS) is 19.5. The van der Waals surface area contributed by atoms with Crippen LogP contribution in [0.25, 0.3) is 0 Å². The Labute approximate surface area is 134 Å². The first-order chi connectivity index (χ1) is 10.6. The van der Waals surface area contributed by atoms with E-state index in [2.05, 4.69) is 10.6 Å². The lowest BCUT2D eigenvalue weighted by atomic mass is 10.1. The average molecular weight is 317 g/mol. The van der Waals surface area contributed by atoms with E-state index >= 15 is 0 Å². The molecule has 2 aromatic rings. The maximum absolute atomic E-state index is 12.1. The molecule has 0 saturated carbocycles. The molecule has 0 heterocycles. The van der Waals surface area contributed by atoms with Crippen molar-refractivity contribution in [2.45, 2.75) is 25.1 Å². The second kappa shape index (κ2) is 6.38. The van der Waals surface area contributed by atoms with Gasteiger partial charge in [0.1, 0.15) is 0 Å². The van der Waals surface area contributed by atoms with E-state index in [0.29, 0.717) is 18.0 Å². The second-order valence-electron chi connectivity index (χ2n) is 5.37. The lowest BCUT2D eigenvalue weighted by molar-refractivity contribution is 0.142. The predicted molar refractivity (Wildman–Crippen MR) is 85.7 cm³/mol. The molecule has 0 saturated heterocycles. The van der Waals surface area contributed by atoms with E-state index in [1.807, 2.05) is 42.5 Å². The van der Waals surface area contributed by atoms with Crippen LogP contribution < -0.4 is 10.6 Å². The van der Waals surface area contributed by atoms with E-state index in [-0.39, 0.29) is 12.1 Å². The Morgan fingerprint density at radius 3 is 2.73 bits per heavy atom. The fourth-order valence-electron chi connectivity index (χ4n) is 2.76. The molecule has 1 aliphatic rings. The van der Waals surface area contributed by atoms with Crippen LogP contribution in [0.3, 0.4) is 0 Å². The third-order valence-corrected chi connectivity index (χ3v) is 4.26. The molecule has 0 fully saturated rings. The van der Waals surface area contributed by atoms with Crippen molar-refractivity contribution in [1.82, 2.24) is 10.6 Å². The molecule has 114 valence electrons. The van der Waals surface area contributed by atoms with Crippen LogP contribution in [0, 0.1) is 0 Å². The number of aliphatic hydroxyl groups is 1. The highest BCUT2D eigenvalue weighted by atomic mass is 35.5. The summed E-state index contributed by atoms with van der Waals surface area (Å²) in [5, 5.41) is 16.3. The van der Waals surface area contributed by atoms with Gasteiger partial charge in [-0.05, 0) is 22.8 Å². The molecule has 0 aromatic heterocycles. The smallest absolute Gasteiger partial charge is 0.315 e. The van der Waals surface area contributed by atoms with Crippen LogP contribution in [0.1, 0.15) is 22.7 Å². The van der Waals surface area contributed by atoms with E-state index in [0.717, 1.165) is 16.7 Å². The maximum atomic E-state index is 12.1. The van der Waals surface area contributed by atoms with Crippen LogP contribution in [0.15, 0.2) is 48.5 Å². The first-order valence-corrected chi connectivity index (χ1v) is 7.56. The van der Waals surface area contributed by atoms with Crippen LogP contribution in [-0.4, -0.2) is 17.2 Å². The third-order valence-electron chi connectivity index (χ3n) is 3.89. The number of urea groups is 1. The number of hydrogen-bond acceptors (Lipinski definition) is 2. The fourth-order valence-corrected chi connectivity index (χ4v) is 2.96. The summed E-state index contributed by atoms with van der Waals surface area (Å²) in [5.41, 5.74) is 2.90. The van der Waals surface area contributed by atoms with Crippen molar-refractivity contribution >= 4 is 17.6 Å². The van der Waals surface area contributed by atoms with Gasteiger partial charge in [0.2, 0.25) is 0 Å². The summed E-state index contributed by atoms with van der Waals surface area (Å²) in [6.07, 6.45) is -0.0329. The monoisotopic (exact) mass is 316 g/mol. The van der Waals surface area contributed by atoms with Crippen LogP contribution in [0.4, 0.5) is 4.79 Å². The molecular formula is C17H17ClN2O2. The molecule has 1 aliphatic carbocycles. The van der Waals surface area contributed by atoms with Crippen molar-refractivity contribution < 1.29 is 9.90 Å². The Hall–Kier alpha value is -2.04. The highest BCUT2D eigenvalue weighted by Crippen LogP contribution is 2.31. The average Bonchev–Trinajstić information content (AvgIpc) is 2.83. The Bertz CT molecular complexity index is 690. The number of carbonyl (C=O) groups is 1. The number of carbonyl (C=O) groups excluding carboxylic acids is 1. The van der Waals surface area contributed by atoms with Gasteiger partial charge >= 0.3 is 6.03 Å². The summed E-state index contributed by atoms with van der Waals surface area (Å²) in [4.78, 5) is 12.1. The highest BCUT2D eigenvalue weighted by molar-refractivity contribution is 6.31. The topological polar surface area (TPSA) is 61.4 Å². The van der Waals surface area contributed by atoms with E-state index in [1.165, 1.54) is 0 Å². The van der Waals surface area contributed by atoms with Crippen molar-refractivity contribution in [3.8, 4) is 0 Å². The van der Waals surface area contributed by atoms with Crippen molar-refractivity contribution in [3.63, 3.8) is 0 Å². The van der Waals surface area contributed by atoms with Gasteiger partial charge in [0.05, 0.1) is 12.1 Å². The minimum atomic E-state index is -0.594. The minimum absolute atomic E-state index is 0.319. The molecular weight excluding hydrogens is 300 g/mol. The van der Waals surface area contributed by atoms with Gasteiger partial charge in [0, 0.05) is 18.0 Å². The van der Waals surface area contributed by atoms with E-state index in [9.17, 15) is 9.90 Å². The van der Waals surface area contributed by atoms with Gasteiger partial charge in [-0.25, -0.2) is 4.79 Å². The molecule has 22 heavy (non-hydrogen) atoms. The molecule has 0 aliphatic heterocycles. The molecule has 2 atom stereocenters. The van der Waals surface area contributed by atoms with Crippen LogP contribution in [0.2, 0.25) is 5.02 Å². The van der Waals surface area contributed by atoms with Crippen LogP contribution in [0.5, 0.6) is 0 Å². The number of fused-ring (bicyclic) bond motifs is 1. The number of amides is 2. The van der Waals surface area contributed by atoms with Gasteiger partial charge in [-0.15, -0.1) is 0 Å². The van der Waals surface area contributed by atoms with Gasteiger partial charge in [-0.2, -0.15) is 0 Å². The number of aliphatic hydroxyl groups excluding tert-OH is 1. The van der Waals surface area contributed by atoms with E-state index < -0.39 is 6.10 Å². The Balaban J connectivity index is 1.62. The first-order valence-electron chi connectivity index (χ1n) is 7.19. The first kappa shape index (κ1) is 14.9. The number of nitrogens with one attached hydrogen (secondary N) is 2. The van der Waals surface area contributed by atoms with Crippen molar-refractivity contribution in [1.29, 1.82) is 0 Å². The van der Waals surface area contributed by atoms with Crippen molar-refractivity contribution in [3.05, 3.63) is 70.2 Å². The zero-order valence-corrected chi connectivity index (χ0v) is 12.7. The second-order valence-corrected chi connectivity index (χ2v) is 5.77. The number of rotatable bonds is 3. The zero-order chi connectivity index (χ0) is 15.5. The summed E-state index contributed by atoms with van der Waals surface area (Å²) in [7, 11) is 0. The molecule has 5 heteroatoms.